The van der Waals surface area contributed by atoms with Gasteiger partial charge in [-0.25, -0.2) is 0 Å². The van der Waals surface area contributed by atoms with Crippen LogP contribution in [0.2, 0.25) is 0 Å². The molecule has 0 heterocycles. The number of hydrogen-bond donors (Lipinski definition) is 0. The molecule has 1 atom stereocenters. The van der Waals surface area contributed by atoms with Crippen molar-refractivity contribution in [1.82, 2.24) is 0 Å². The van der Waals surface area contributed by atoms with E-state index in [1.165, 1.54) is 121 Å². The van der Waals surface area contributed by atoms with E-state index >= 15 is 0 Å². The first-order chi connectivity index (χ1) is 15.3. The van der Waals surface area contributed by atoms with Crippen LogP contribution < -0.4 is 0 Å². The molecule has 1 unspecified atom stereocenters. The molecule has 31 heavy (non-hydrogen) atoms. The summed E-state index contributed by atoms with van der Waals surface area (Å²) >= 11 is 0. The van der Waals surface area contributed by atoms with Crippen molar-refractivity contribution in [2.75, 3.05) is 0 Å². The van der Waals surface area contributed by atoms with E-state index in [9.17, 15) is 0 Å². The first-order valence-corrected chi connectivity index (χ1v) is 14.1. The van der Waals surface area contributed by atoms with Crippen molar-refractivity contribution in [3.8, 4) is 0 Å². The van der Waals surface area contributed by atoms with E-state index in [1.54, 1.807) is 11.1 Å². The predicted octanol–water partition coefficient (Wildman–Crippen LogP) is 10.5. The second-order valence-corrected chi connectivity index (χ2v) is 10.8. The van der Waals surface area contributed by atoms with Crippen LogP contribution in [-0.4, -0.2) is 0 Å². The molecule has 0 amide bonds. The standard InChI is InChI=1S/C31H50/c1-3-5-7-8-9-11-13-27-16-20-29(21-17-27)31-24-22-30(23-25-31)28-18-14-26(15-19-28)12-10-6-4-2/h20,22-28H,3-19,21H2,1-2H3/t26-,27?,28-. The van der Waals surface area contributed by atoms with Gasteiger partial charge in [-0.05, 0) is 79.4 Å². The summed E-state index contributed by atoms with van der Waals surface area (Å²) in [5.41, 5.74) is 4.72. The summed E-state index contributed by atoms with van der Waals surface area (Å²) in [7, 11) is 0. The molecular weight excluding hydrogens is 372 g/mol. The summed E-state index contributed by atoms with van der Waals surface area (Å²) in [5.74, 6) is 2.78. The zero-order chi connectivity index (χ0) is 21.7. The Balaban J connectivity index is 1.38. The Hall–Kier alpha value is -1.04. The second kappa shape index (κ2) is 14.2. The molecule has 0 spiro atoms. The van der Waals surface area contributed by atoms with Crippen molar-refractivity contribution >= 4 is 5.57 Å². The van der Waals surface area contributed by atoms with E-state index in [2.05, 4.69) is 44.2 Å². The Kier molecular flexibility index (Phi) is 11.3. The Bertz CT molecular complexity index is 614. The third kappa shape index (κ3) is 8.43. The topological polar surface area (TPSA) is 0 Å². The molecule has 2 aliphatic carbocycles. The van der Waals surface area contributed by atoms with E-state index in [0.717, 1.165) is 17.8 Å². The van der Waals surface area contributed by atoms with Crippen molar-refractivity contribution < 1.29 is 0 Å². The quantitative estimate of drug-likeness (QED) is 0.277. The van der Waals surface area contributed by atoms with Gasteiger partial charge in [0.25, 0.3) is 0 Å². The molecule has 3 rings (SSSR count). The molecule has 1 saturated carbocycles. The first kappa shape index (κ1) is 24.6. The minimum absolute atomic E-state index is 0.818. The van der Waals surface area contributed by atoms with Crippen molar-refractivity contribution in [2.45, 2.75) is 135 Å². The maximum Gasteiger partial charge on any atom is -0.0162 e. The third-order valence-electron chi connectivity index (χ3n) is 8.30. The normalized spacial score (nSPS) is 24.2. The van der Waals surface area contributed by atoms with Crippen LogP contribution in [0.3, 0.4) is 0 Å². The predicted molar refractivity (Wildman–Crippen MR) is 139 cm³/mol. The SMILES string of the molecule is CCCCCCCCC1CC=C(c2ccc([C@H]3CC[C@H](CCCCC)CC3)cc2)CC1. The average Bonchev–Trinajstić information content (AvgIpc) is 2.82. The van der Waals surface area contributed by atoms with Crippen LogP contribution >= 0.6 is 0 Å². The van der Waals surface area contributed by atoms with Gasteiger partial charge in [-0.15, -0.1) is 0 Å². The second-order valence-electron chi connectivity index (χ2n) is 10.8. The summed E-state index contributed by atoms with van der Waals surface area (Å²) in [6.45, 7) is 4.62. The molecule has 0 heteroatoms. The van der Waals surface area contributed by atoms with Gasteiger partial charge >= 0.3 is 0 Å². The van der Waals surface area contributed by atoms with Crippen LogP contribution in [0.5, 0.6) is 0 Å². The minimum Gasteiger partial charge on any atom is -0.0804 e. The summed E-state index contributed by atoms with van der Waals surface area (Å²) in [4.78, 5) is 0. The molecule has 1 fully saturated rings. The number of allylic oxidation sites excluding steroid dienone is 2. The highest BCUT2D eigenvalue weighted by atomic mass is 14.3. The van der Waals surface area contributed by atoms with E-state index in [1.807, 2.05) is 0 Å². The fourth-order valence-electron chi connectivity index (χ4n) is 6.06. The van der Waals surface area contributed by atoms with Crippen molar-refractivity contribution in [2.24, 2.45) is 11.8 Å². The Morgan fingerprint density at radius 2 is 1.26 bits per heavy atom. The zero-order valence-electron chi connectivity index (χ0n) is 20.8. The van der Waals surface area contributed by atoms with Crippen LogP contribution in [0.1, 0.15) is 146 Å². The van der Waals surface area contributed by atoms with E-state index in [-0.39, 0.29) is 0 Å². The van der Waals surface area contributed by atoms with Gasteiger partial charge in [0, 0.05) is 0 Å². The molecule has 174 valence electrons. The molecule has 2 aliphatic rings. The number of unbranched alkanes of at least 4 members (excludes halogenated alkanes) is 7. The van der Waals surface area contributed by atoms with Crippen LogP contribution in [-0.2, 0) is 0 Å². The lowest BCUT2D eigenvalue weighted by Crippen LogP contribution is -2.13. The maximum absolute atomic E-state index is 2.57. The number of hydrogen-bond acceptors (Lipinski definition) is 0. The van der Waals surface area contributed by atoms with Crippen LogP contribution in [0, 0.1) is 11.8 Å². The van der Waals surface area contributed by atoms with Crippen LogP contribution in [0.25, 0.3) is 5.57 Å². The zero-order valence-corrected chi connectivity index (χ0v) is 20.8. The summed E-state index contributed by atoms with van der Waals surface area (Å²) in [5, 5.41) is 0. The number of benzene rings is 1. The van der Waals surface area contributed by atoms with Crippen molar-refractivity contribution in [3.63, 3.8) is 0 Å². The van der Waals surface area contributed by atoms with Crippen LogP contribution in [0.4, 0.5) is 0 Å². The highest BCUT2D eigenvalue weighted by Gasteiger charge is 2.22. The Morgan fingerprint density at radius 1 is 0.645 bits per heavy atom. The molecule has 0 radical (unpaired) electrons. The molecule has 1 aromatic rings. The number of rotatable bonds is 13. The average molecular weight is 423 g/mol. The molecule has 0 nitrogen and oxygen atoms in total. The van der Waals surface area contributed by atoms with Gasteiger partial charge in [-0.1, -0.05) is 115 Å². The molecule has 0 bridgehead atoms. The van der Waals surface area contributed by atoms with E-state index < -0.39 is 0 Å². The van der Waals surface area contributed by atoms with Gasteiger partial charge in [-0.3, -0.25) is 0 Å². The highest BCUT2D eigenvalue weighted by Crippen LogP contribution is 2.39. The van der Waals surface area contributed by atoms with Gasteiger partial charge in [0.2, 0.25) is 0 Å². The van der Waals surface area contributed by atoms with Gasteiger partial charge < -0.3 is 0 Å². The van der Waals surface area contributed by atoms with Gasteiger partial charge in [-0.2, -0.15) is 0 Å². The molecule has 1 aromatic carbocycles. The minimum atomic E-state index is 0.818. The van der Waals surface area contributed by atoms with Gasteiger partial charge in [0.15, 0.2) is 0 Å². The Morgan fingerprint density at radius 3 is 1.94 bits per heavy atom. The lowest BCUT2D eigenvalue weighted by molar-refractivity contribution is 0.303. The Labute approximate surface area is 194 Å². The van der Waals surface area contributed by atoms with E-state index in [4.69, 9.17) is 0 Å². The van der Waals surface area contributed by atoms with Crippen molar-refractivity contribution in [3.05, 3.63) is 41.5 Å². The fourth-order valence-corrected chi connectivity index (χ4v) is 6.06. The molecule has 0 saturated heterocycles. The highest BCUT2D eigenvalue weighted by molar-refractivity contribution is 5.66. The lowest BCUT2D eigenvalue weighted by Gasteiger charge is -2.29. The van der Waals surface area contributed by atoms with Gasteiger partial charge in [0.1, 0.15) is 0 Å². The van der Waals surface area contributed by atoms with Gasteiger partial charge in [0.05, 0.1) is 0 Å². The molecule has 0 aliphatic heterocycles. The summed E-state index contributed by atoms with van der Waals surface area (Å²) in [6.07, 6.45) is 28.1. The molecular formula is C31H50. The smallest absolute Gasteiger partial charge is 0.0162 e. The van der Waals surface area contributed by atoms with Crippen molar-refractivity contribution in [1.29, 1.82) is 0 Å². The maximum atomic E-state index is 2.57. The monoisotopic (exact) mass is 422 g/mol. The largest absolute Gasteiger partial charge is 0.0804 e. The van der Waals surface area contributed by atoms with Crippen LogP contribution in [0.15, 0.2) is 30.3 Å². The van der Waals surface area contributed by atoms with E-state index in [0.29, 0.717) is 0 Å². The summed E-state index contributed by atoms with van der Waals surface area (Å²) < 4.78 is 0. The molecule has 0 aromatic heterocycles. The third-order valence-corrected chi connectivity index (χ3v) is 8.30. The fraction of sp³-hybridized carbons (Fsp3) is 0.742. The first-order valence-electron chi connectivity index (χ1n) is 14.1. The lowest BCUT2D eigenvalue weighted by atomic mass is 9.76. The summed E-state index contributed by atoms with van der Waals surface area (Å²) in [6, 6.07) is 9.78. The molecule has 0 N–H and O–H groups in total.